The van der Waals surface area contributed by atoms with Crippen LogP contribution in [0.4, 0.5) is 5.82 Å². The van der Waals surface area contributed by atoms with Gasteiger partial charge < -0.3 is 10.1 Å². The van der Waals surface area contributed by atoms with Gasteiger partial charge in [-0.05, 0) is 29.6 Å². The SMILES string of the molecule is O=C(COC(=O)c1cn(-c2ccccc2)nc1-c1cccs1)Nc1ncc(Cl)cc1Cl. The van der Waals surface area contributed by atoms with Crippen LogP contribution in [0.5, 0.6) is 0 Å². The molecule has 0 aliphatic heterocycles. The summed E-state index contributed by atoms with van der Waals surface area (Å²) in [6.07, 6.45) is 2.93. The van der Waals surface area contributed by atoms with Gasteiger partial charge in [-0.1, -0.05) is 47.5 Å². The predicted molar refractivity (Wildman–Crippen MR) is 120 cm³/mol. The fourth-order valence-electron chi connectivity index (χ4n) is 2.72. The molecule has 10 heteroatoms. The average molecular weight is 473 g/mol. The maximum atomic E-state index is 12.8. The van der Waals surface area contributed by atoms with Crippen molar-refractivity contribution in [3.63, 3.8) is 0 Å². The van der Waals surface area contributed by atoms with Gasteiger partial charge in [0.1, 0.15) is 11.3 Å². The number of aromatic nitrogens is 3. The molecule has 31 heavy (non-hydrogen) atoms. The molecule has 0 fully saturated rings. The normalized spacial score (nSPS) is 10.6. The highest BCUT2D eigenvalue weighted by Gasteiger charge is 2.21. The van der Waals surface area contributed by atoms with Crippen LogP contribution in [-0.2, 0) is 9.53 Å². The lowest BCUT2D eigenvalue weighted by Crippen LogP contribution is -2.21. The second kappa shape index (κ2) is 9.30. The van der Waals surface area contributed by atoms with Crippen molar-refractivity contribution < 1.29 is 14.3 Å². The Morgan fingerprint density at radius 2 is 1.94 bits per heavy atom. The van der Waals surface area contributed by atoms with Gasteiger partial charge in [0.2, 0.25) is 0 Å². The summed E-state index contributed by atoms with van der Waals surface area (Å²) in [5, 5.41) is 9.43. The van der Waals surface area contributed by atoms with Crippen molar-refractivity contribution in [1.82, 2.24) is 14.8 Å². The van der Waals surface area contributed by atoms with Gasteiger partial charge in [0.05, 0.1) is 20.6 Å². The minimum Gasteiger partial charge on any atom is -0.452 e. The molecule has 0 atom stereocenters. The number of rotatable bonds is 6. The Balaban J connectivity index is 1.51. The number of benzene rings is 1. The van der Waals surface area contributed by atoms with E-state index in [1.165, 1.54) is 23.6 Å². The lowest BCUT2D eigenvalue weighted by atomic mass is 10.2. The standard InChI is InChI=1S/C21H14Cl2N4O3S/c22-13-9-16(23)20(24-10-13)25-18(28)12-30-21(29)15-11-27(14-5-2-1-3-6-14)26-19(15)17-7-4-8-31-17/h1-11H,12H2,(H,24,25,28). The molecule has 3 heterocycles. The molecule has 0 aliphatic rings. The first-order valence-electron chi connectivity index (χ1n) is 8.98. The number of para-hydroxylation sites is 1. The second-order valence-corrected chi connectivity index (χ2v) is 8.05. The van der Waals surface area contributed by atoms with Gasteiger partial charge in [-0.15, -0.1) is 11.3 Å². The molecule has 0 saturated carbocycles. The Labute approximate surface area is 191 Å². The highest BCUT2D eigenvalue weighted by molar-refractivity contribution is 7.13. The highest BCUT2D eigenvalue weighted by atomic mass is 35.5. The number of esters is 1. The minimum absolute atomic E-state index is 0.128. The molecule has 4 rings (SSSR count). The molecule has 0 spiro atoms. The van der Waals surface area contributed by atoms with Crippen LogP contribution in [0.3, 0.4) is 0 Å². The van der Waals surface area contributed by atoms with Gasteiger partial charge in [0, 0.05) is 12.4 Å². The summed E-state index contributed by atoms with van der Waals surface area (Å²) in [6, 6.07) is 14.6. The van der Waals surface area contributed by atoms with Gasteiger partial charge in [0.15, 0.2) is 12.4 Å². The van der Waals surface area contributed by atoms with E-state index in [0.29, 0.717) is 10.7 Å². The Morgan fingerprint density at radius 3 is 2.65 bits per heavy atom. The first-order chi connectivity index (χ1) is 15.0. The van der Waals surface area contributed by atoms with Crippen LogP contribution in [0.1, 0.15) is 10.4 Å². The molecule has 3 aromatic heterocycles. The highest BCUT2D eigenvalue weighted by Crippen LogP contribution is 2.28. The monoisotopic (exact) mass is 472 g/mol. The van der Waals surface area contributed by atoms with Crippen LogP contribution >= 0.6 is 34.5 Å². The summed E-state index contributed by atoms with van der Waals surface area (Å²) in [5.41, 5.74) is 1.52. The Hall–Kier alpha value is -3.20. The third-order valence-corrected chi connectivity index (χ3v) is 5.48. The lowest BCUT2D eigenvalue weighted by Gasteiger charge is -2.07. The number of ether oxygens (including phenoxy) is 1. The van der Waals surface area contributed by atoms with E-state index in [1.54, 1.807) is 10.9 Å². The number of amides is 1. The lowest BCUT2D eigenvalue weighted by molar-refractivity contribution is -0.119. The fourth-order valence-corrected chi connectivity index (χ4v) is 3.87. The summed E-state index contributed by atoms with van der Waals surface area (Å²) >= 11 is 13.2. The van der Waals surface area contributed by atoms with Gasteiger partial charge in [-0.25, -0.2) is 14.5 Å². The van der Waals surface area contributed by atoms with Gasteiger partial charge >= 0.3 is 5.97 Å². The van der Waals surface area contributed by atoms with Crippen molar-refractivity contribution >= 4 is 52.2 Å². The van der Waals surface area contributed by atoms with Crippen molar-refractivity contribution in [3.8, 4) is 16.3 Å². The van der Waals surface area contributed by atoms with E-state index >= 15 is 0 Å². The molecule has 1 aromatic carbocycles. The minimum atomic E-state index is -0.670. The molecule has 1 N–H and O–H groups in total. The molecule has 0 bridgehead atoms. The van der Waals surface area contributed by atoms with Gasteiger partial charge in [-0.2, -0.15) is 5.10 Å². The van der Waals surface area contributed by atoms with Crippen molar-refractivity contribution in [3.05, 3.63) is 81.9 Å². The predicted octanol–water partition coefficient (Wildman–Crippen LogP) is 5.10. The second-order valence-electron chi connectivity index (χ2n) is 6.26. The fraction of sp³-hybridized carbons (Fsp3) is 0.0476. The maximum absolute atomic E-state index is 12.8. The molecule has 0 radical (unpaired) electrons. The Bertz CT molecular complexity index is 1230. The summed E-state index contributed by atoms with van der Waals surface area (Å²) in [5.74, 6) is -1.13. The molecule has 0 unspecified atom stereocenters. The van der Waals surface area contributed by atoms with E-state index in [2.05, 4.69) is 15.4 Å². The average Bonchev–Trinajstić information content (AvgIpc) is 3.44. The van der Waals surface area contributed by atoms with E-state index in [4.69, 9.17) is 27.9 Å². The summed E-state index contributed by atoms with van der Waals surface area (Å²) in [7, 11) is 0. The van der Waals surface area contributed by atoms with Crippen LogP contribution in [0, 0.1) is 0 Å². The topological polar surface area (TPSA) is 86.1 Å². The zero-order chi connectivity index (χ0) is 21.8. The van der Waals surface area contributed by atoms with Crippen molar-refractivity contribution in [2.75, 3.05) is 11.9 Å². The number of thiophene rings is 1. The van der Waals surface area contributed by atoms with Crippen LogP contribution < -0.4 is 5.32 Å². The van der Waals surface area contributed by atoms with Crippen molar-refractivity contribution in [2.24, 2.45) is 0 Å². The molecular weight excluding hydrogens is 459 g/mol. The summed E-state index contributed by atoms with van der Waals surface area (Å²) in [4.78, 5) is 29.7. The molecule has 1 amide bonds. The quantitative estimate of drug-likeness (QED) is 0.394. The largest absolute Gasteiger partial charge is 0.452 e. The molecular formula is C21H14Cl2N4O3S. The van der Waals surface area contributed by atoms with E-state index in [9.17, 15) is 9.59 Å². The van der Waals surface area contributed by atoms with Crippen LogP contribution in [-0.4, -0.2) is 33.2 Å². The molecule has 0 aliphatic carbocycles. The third kappa shape index (κ3) is 4.93. The van der Waals surface area contributed by atoms with Crippen LogP contribution in [0.15, 0.2) is 66.3 Å². The molecule has 4 aromatic rings. The smallest absolute Gasteiger partial charge is 0.342 e. The Kier molecular flexibility index (Phi) is 6.31. The van der Waals surface area contributed by atoms with E-state index in [-0.39, 0.29) is 16.4 Å². The first-order valence-corrected chi connectivity index (χ1v) is 10.6. The van der Waals surface area contributed by atoms with Crippen molar-refractivity contribution in [1.29, 1.82) is 0 Å². The van der Waals surface area contributed by atoms with Gasteiger partial charge in [0.25, 0.3) is 5.91 Å². The number of hydrogen-bond donors (Lipinski definition) is 1. The number of nitrogens with zero attached hydrogens (tertiary/aromatic N) is 3. The summed E-state index contributed by atoms with van der Waals surface area (Å²) in [6.45, 7) is -0.514. The van der Waals surface area contributed by atoms with Crippen LogP contribution in [0.2, 0.25) is 10.0 Å². The van der Waals surface area contributed by atoms with E-state index in [0.717, 1.165) is 10.6 Å². The zero-order valence-electron chi connectivity index (χ0n) is 15.8. The zero-order valence-corrected chi connectivity index (χ0v) is 18.1. The third-order valence-electron chi connectivity index (χ3n) is 4.11. The number of halogens is 2. The number of carbonyl (C=O) groups is 2. The number of nitrogens with one attached hydrogen (secondary N) is 1. The van der Waals surface area contributed by atoms with Crippen molar-refractivity contribution in [2.45, 2.75) is 0 Å². The van der Waals surface area contributed by atoms with Crippen LogP contribution in [0.25, 0.3) is 16.3 Å². The maximum Gasteiger partial charge on any atom is 0.342 e. The molecule has 0 saturated heterocycles. The summed E-state index contributed by atoms with van der Waals surface area (Å²) < 4.78 is 6.82. The Morgan fingerprint density at radius 1 is 1.13 bits per heavy atom. The van der Waals surface area contributed by atoms with E-state index < -0.39 is 18.5 Å². The number of pyridine rings is 1. The van der Waals surface area contributed by atoms with Gasteiger partial charge in [-0.3, -0.25) is 4.79 Å². The first kappa shape index (κ1) is 21.0. The molecule has 156 valence electrons. The number of anilines is 1. The number of hydrogen-bond acceptors (Lipinski definition) is 6. The van der Waals surface area contributed by atoms with E-state index in [1.807, 2.05) is 47.8 Å². The molecule has 7 nitrogen and oxygen atoms in total. The number of carbonyl (C=O) groups excluding carboxylic acids is 2.